The van der Waals surface area contributed by atoms with Gasteiger partial charge < -0.3 is 15.1 Å². The molecule has 2 heterocycles. The Morgan fingerprint density at radius 2 is 2.05 bits per heavy atom. The van der Waals surface area contributed by atoms with Gasteiger partial charge in [0.1, 0.15) is 11.6 Å². The van der Waals surface area contributed by atoms with Crippen LogP contribution in [-0.2, 0) is 9.59 Å². The van der Waals surface area contributed by atoms with Gasteiger partial charge in [-0.25, -0.2) is 0 Å². The Hall–Kier alpha value is -1.10. The minimum absolute atomic E-state index is 0.0299. The van der Waals surface area contributed by atoms with Crippen LogP contribution in [0.15, 0.2) is 0 Å². The average molecular weight is 295 g/mol. The highest BCUT2D eigenvalue weighted by atomic mass is 16.2. The number of likely N-dealkylation sites (tertiary alicyclic amines) is 1. The lowest BCUT2D eigenvalue weighted by Crippen LogP contribution is -2.68. The van der Waals surface area contributed by atoms with Gasteiger partial charge in [-0.15, -0.1) is 0 Å². The molecule has 2 saturated heterocycles. The number of hydrogen-bond acceptors (Lipinski definition) is 3. The lowest BCUT2D eigenvalue weighted by Gasteiger charge is -2.44. The number of rotatable bonds is 4. The summed E-state index contributed by atoms with van der Waals surface area (Å²) in [6.45, 7) is 12.8. The lowest BCUT2D eigenvalue weighted by molar-refractivity contribution is -0.154. The molecule has 5 nitrogen and oxygen atoms in total. The molecular formula is C16H29N3O2. The van der Waals surface area contributed by atoms with Gasteiger partial charge in [0.05, 0.1) is 0 Å². The van der Waals surface area contributed by atoms with E-state index in [1.807, 2.05) is 20.8 Å². The molecule has 0 aromatic heterocycles. The van der Waals surface area contributed by atoms with Crippen LogP contribution in [-0.4, -0.2) is 58.9 Å². The zero-order valence-electron chi connectivity index (χ0n) is 14.0. The van der Waals surface area contributed by atoms with Gasteiger partial charge >= 0.3 is 0 Å². The number of carbonyl (C=O) groups is 2. The zero-order valence-corrected chi connectivity index (χ0v) is 14.0. The van der Waals surface area contributed by atoms with Crippen molar-refractivity contribution < 1.29 is 9.59 Å². The molecule has 120 valence electrons. The summed E-state index contributed by atoms with van der Waals surface area (Å²) in [5.41, 5.74) is -0.736. The largest absolute Gasteiger partial charge is 0.340 e. The predicted molar refractivity (Wildman–Crippen MR) is 82.8 cm³/mol. The maximum absolute atomic E-state index is 12.7. The van der Waals surface area contributed by atoms with Gasteiger partial charge in [0.2, 0.25) is 11.8 Å². The molecule has 0 aromatic carbocycles. The van der Waals surface area contributed by atoms with E-state index >= 15 is 0 Å². The Kier molecular flexibility index (Phi) is 4.61. The van der Waals surface area contributed by atoms with E-state index in [1.165, 1.54) is 0 Å². The summed E-state index contributed by atoms with van der Waals surface area (Å²) in [7, 11) is 0. The van der Waals surface area contributed by atoms with Crippen molar-refractivity contribution in [2.45, 2.75) is 65.1 Å². The number of nitrogens with one attached hydrogen (secondary N) is 1. The Morgan fingerprint density at radius 1 is 1.38 bits per heavy atom. The van der Waals surface area contributed by atoms with Crippen molar-refractivity contribution in [2.24, 2.45) is 5.92 Å². The highest BCUT2D eigenvalue weighted by Crippen LogP contribution is 2.25. The first-order valence-electron chi connectivity index (χ1n) is 8.15. The van der Waals surface area contributed by atoms with E-state index in [0.717, 1.165) is 19.5 Å². The Labute approximate surface area is 128 Å². The van der Waals surface area contributed by atoms with E-state index in [-0.39, 0.29) is 17.9 Å². The molecule has 0 radical (unpaired) electrons. The van der Waals surface area contributed by atoms with Gasteiger partial charge in [0, 0.05) is 19.1 Å². The highest BCUT2D eigenvalue weighted by molar-refractivity contribution is 5.99. The first-order valence-corrected chi connectivity index (χ1v) is 8.15. The molecule has 21 heavy (non-hydrogen) atoms. The average Bonchev–Trinajstić information content (AvgIpc) is 2.90. The van der Waals surface area contributed by atoms with Crippen LogP contribution >= 0.6 is 0 Å². The van der Waals surface area contributed by atoms with Gasteiger partial charge in [-0.05, 0) is 53.0 Å². The van der Waals surface area contributed by atoms with Crippen LogP contribution in [0.3, 0.4) is 0 Å². The smallest absolute Gasteiger partial charge is 0.248 e. The van der Waals surface area contributed by atoms with Gasteiger partial charge in [0.25, 0.3) is 0 Å². The fraction of sp³-hybridized carbons (Fsp3) is 0.875. The molecule has 3 atom stereocenters. The molecule has 0 aliphatic carbocycles. The second-order valence-corrected chi connectivity index (χ2v) is 7.05. The molecule has 2 aliphatic heterocycles. The molecule has 2 amide bonds. The van der Waals surface area contributed by atoms with E-state index < -0.39 is 5.54 Å². The normalized spacial score (nSPS) is 34.7. The topological polar surface area (TPSA) is 52.7 Å². The third kappa shape index (κ3) is 3.07. The Bertz CT molecular complexity index is 424. The van der Waals surface area contributed by atoms with Gasteiger partial charge in [0.15, 0.2) is 0 Å². The molecule has 0 saturated carbocycles. The van der Waals surface area contributed by atoms with E-state index in [0.29, 0.717) is 24.9 Å². The van der Waals surface area contributed by atoms with Crippen LogP contribution in [0, 0.1) is 5.92 Å². The van der Waals surface area contributed by atoms with Crippen molar-refractivity contribution in [3.8, 4) is 0 Å². The highest BCUT2D eigenvalue weighted by Gasteiger charge is 2.46. The summed E-state index contributed by atoms with van der Waals surface area (Å²) in [5.74, 6) is 0.517. The molecule has 0 spiro atoms. The molecular weight excluding hydrogens is 266 g/mol. The second kappa shape index (κ2) is 5.95. The van der Waals surface area contributed by atoms with E-state index in [2.05, 4.69) is 24.1 Å². The van der Waals surface area contributed by atoms with E-state index in [4.69, 9.17) is 0 Å². The monoisotopic (exact) mass is 295 g/mol. The van der Waals surface area contributed by atoms with Crippen LogP contribution in [0.5, 0.6) is 0 Å². The summed E-state index contributed by atoms with van der Waals surface area (Å²) in [6, 6.07) is 0.193. The van der Waals surface area contributed by atoms with Crippen LogP contribution in [0.25, 0.3) is 0 Å². The van der Waals surface area contributed by atoms with Crippen molar-refractivity contribution in [3.05, 3.63) is 0 Å². The van der Waals surface area contributed by atoms with Crippen LogP contribution in [0.4, 0.5) is 0 Å². The number of amides is 2. The molecule has 0 bridgehead atoms. The molecule has 2 rings (SSSR count). The summed E-state index contributed by atoms with van der Waals surface area (Å²) < 4.78 is 0. The van der Waals surface area contributed by atoms with Crippen molar-refractivity contribution in [1.29, 1.82) is 0 Å². The number of piperazine rings is 1. The number of carbonyl (C=O) groups excluding carboxylic acids is 2. The van der Waals surface area contributed by atoms with Gasteiger partial charge in [-0.3, -0.25) is 9.59 Å². The van der Waals surface area contributed by atoms with Crippen molar-refractivity contribution in [1.82, 2.24) is 15.1 Å². The van der Waals surface area contributed by atoms with Crippen LogP contribution < -0.4 is 5.32 Å². The van der Waals surface area contributed by atoms with Gasteiger partial charge in [-0.1, -0.05) is 6.92 Å². The summed E-state index contributed by atoms with van der Waals surface area (Å²) in [5, 5.41) is 2.88. The van der Waals surface area contributed by atoms with Crippen LogP contribution in [0.2, 0.25) is 0 Å². The fourth-order valence-corrected chi connectivity index (χ4v) is 3.30. The van der Waals surface area contributed by atoms with Crippen LogP contribution in [0.1, 0.15) is 47.5 Å². The van der Waals surface area contributed by atoms with Crippen molar-refractivity contribution in [3.63, 3.8) is 0 Å². The summed E-state index contributed by atoms with van der Waals surface area (Å²) in [4.78, 5) is 29.1. The molecule has 3 unspecified atom stereocenters. The minimum Gasteiger partial charge on any atom is -0.340 e. The molecule has 2 aliphatic rings. The van der Waals surface area contributed by atoms with Crippen molar-refractivity contribution in [2.75, 3.05) is 19.6 Å². The quantitative estimate of drug-likeness (QED) is 0.849. The first kappa shape index (κ1) is 16.3. The standard InChI is InChI=1S/C16H29N3O2/c1-6-16(5)15(21)19(12(4)14(20)17-16)10-13-7-8-18(9-13)11(2)3/h11-13H,6-10H2,1-5H3,(H,17,20). The zero-order chi connectivity index (χ0) is 15.8. The van der Waals surface area contributed by atoms with Gasteiger partial charge in [-0.2, -0.15) is 0 Å². The fourth-order valence-electron chi connectivity index (χ4n) is 3.30. The van der Waals surface area contributed by atoms with E-state index in [9.17, 15) is 9.59 Å². The summed E-state index contributed by atoms with van der Waals surface area (Å²) in [6.07, 6.45) is 1.74. The lowest BCUT2D eigenvalue weighted by atomic mass is 9.91. The number of nitrogens with zero attached hydrogens (tertiary/aromatic N) is 2. The molecule has 5 heteroatoms. The molecule has 1 N–H and O–H groups in total. The maximum atomic E-state index is 12.7. The Morgan fingerprint density at radius 3 is 2.57 bits per heavy atom. The summed E-state index contributed by atoms with van der Waals surface area (Å²) >= 11 is 0. The van der Waals surface area contributed by atoms with Crippen molar-refractivity contribution >= 4 is 11.8 Å². The molecule has 2 fully saturated rings. The SMILES string of the molecule is CCC1(C)NC(=O)C(C)N(CC2CCN(C(C)C)C2)C1=O. The third-order valence-electron chi connectivity index (χ3n) is 5.19. The third-order valence-corrected chi connectivity index (χ3v) is 5.19. The minimum atomic E-state index is -0.736. The Balaban J connectivity index is 2.07. The second-order valence-electron chi connectivity index (χ2n) is 7.05. The number of hydrogen-bond donors (Lipinski definition) is 1. The maximum Gasteiger partial charge on any atom is 0.248 e. The predicted octanol–water partition coefficient (Wildman–Crippen LogP) is 1.23. The van der Waals surface area contributed by atoms with E-state index in [1.54, 1.807) is 4.90 Å². The molecule has 0 aromatic rings. The first-order chi connectivity index (χ1) is 9.78.